The summed E-state index contributed by atoms with van der Waals surface area (Å²) in [4.78, 5) is 3.76. The molecule has 0 aromatic rings. The first-order chi connectivity index (χ1) is 5.29. The number of aliphatic hydroxyl groups is 1. The third kappa shape index (κ3) is 3.49. The molecule has 11 heavy (non-hydrogen) atoms. The van der Waals surface area contributed by atoms with Gasteiger partial charge in [0, 0.05) is 6.21 Å². The fraction of sp³-hybridized carbons (Fsp3) is 0.875. The van der Waals surface area contributed by atoms with Gasteiger partial charge in [0.2, 0.25) is 0 Å². The first-order valence-electron chi connectivity index (χ1n) is 4.26. The van der Waals surface area contributed by atoms with Crippen LogP contribution < -0.4 is 5.73 Å². The lowest BCUT2D eigenvalue weighted by Crippen LogP contribution is -2.17. The molecule has 64 valence electrons. The van der Waals surface area contributed by atoms with E-state index in [-0.39, 0.29) is 0 Å². The molecule has 1 rings (SSSR count). The summed E-state index contributed by atoms with van der Waals surface area (Å²) in [6, 6.07) is 0. The number of aliphatic hydroxyl groups excluding tert-OH is 1. The van der Waals surface area contributed by atoms with Crippen molar-refractivity contribution in [2.75, 3.05) is 0 Å². The summed E-state index contributed by atoms with van der Waals surface area (Å²) in [5.74, 6) is 0.557. The maximum Gasteiger partial charge on any atom is 0.198 e. The second-order valence-electron chi connectivity index (χ2n) is 3.11. The van der Waals surface area contributed by atoms with Gasteiger partial charge in [0.05, 0.1) is 0 Å². The van der Waals surface area contributed by atoms with Crippen LogP contribution in [0.2, 0.25) is 0 Å². The topological polar surface area (TPSA) is 58.6 Å². The van der Waals surface area contributed by atoms with Crippen LogP contribution in [0.25, 0.3) is 0 Å². The predicted molar refractivity (Wildman–Crippen MR) is 45.3 cm³/mol. The summed E-state index contributed by atoms with van der Waals surface area (Å²) >= 11 is 0. The van der Waals surface area contributed by atoms with Gasteiger partial charge >= 0.3 is 0 Å². The molecule has 1 aliphatic rings. The Morgan fingerprint density at radius 1 is 1.36 bits per heavy atom. The largest absolute Gasteiger partial charge is 0.360 e. The Labute approximate surface area is 67.3 Å². The van der Waals surface area contributed by atoms with E-state index in [0.29, 0.717) is 5.92 Å². The van der Waals surface area contributed by atoms with E-state index in [2.05, 4.69) is 4.99 Å². The average molecular weight is 156 g/mol. The molecular weight excluding hydrogens is 140 g/mol. The van der Waals surface area contributed by atoms with Crippen molar-refractivity contribution in [3.8, 4) is 0 Å². The third-order valence-corrected chi connectivity index (χ3v) is 2.10. The molecule has 0 aromatic heterocycles. The van der Waals surface area contributed by atoms with Crippen molar-refractivity contribution in [2.24, 2.45) is 16.6 Å². The molecule has 1 atom stereocenters. The summed E-state index contributed by atoms with van der Waals surface area (Å²) in [5, 5.41) is 8.66. The van der Waals surface area contributed by atoms with E-state index in [1.807, 2.05) is 6.21 Å². The van der Waals surface area contributed by atoms with E-state index in [9.17, 15) is 0 Å². The second kappa shape index (κ2) is 4.46. The molecule has 0 saturated heterocycles. The highest BCUT2D eigenvalue weighted by Crippen LogP contribution is 2.21. The van der Waals surface area contributed by atoms with Gasteiger partial charge in [0.25, 0.3) is 0 Å². The first kappa shape index (κ1) is 8.68. The predicted octanol–water partition coefficient (Wildman–Crippen LogP) is 0.872. The molecule has 1 saturated carbocycles. The van der Waals surface area contributed by atoms with Crippen molar-refractivity contribution < 1.29 is 5.11 Å². The molecule has 0 aliphatic heterocycles. The SMILES string of the molecule is NC(O)N=CC1CCCCC1. The number of aliphatic imine (C=N–C) groups is 1. The summed E-state index contributed by atoms with van der Waals surface area (Å²) in [5.41, 5.74) is 5.07. The highest BCUT2D eigenvalue weighted by Gasteiger charge is 2.10. The molecule has 0 bridgehead atoms. The number of hydrogen-bond donors (Lipinski definition) is 2. The fourth-order valence-electron chi connectivity index (χ4n) is 1.49. The van der Waals surface area contributed by atoms with Crippen molar-refractivity contribution in [1.82, 2.24) is 0 Å². The standard InChI is InChI=1S/C8H16N2O/c9-8(11)10-6-7-4-2-1-3-5-7/h6-8,11H,1-5,9H2. The number of hydrogen-bond acceptors (Lipinski definition) is 3. The quantitative estimate of drug-likeness (QED) is 0.460. The zero-order valence-corrected chi connectivity index (χ0v) is 6.74. The van der Waals surface area contributed by atoms with Gasteiger partial charge in [-0.05, 0) is 18.8 Å². The molecule has 3 nitrogen and oxygen atoms in total. The first-order valence-corrected chi connectivity index (χ1v) is 4.26. The second-order valence-corrected chi connectivity index (χ2v) is 3.11. The van der Waals surface area contributed by atoms with Gasteiger partial charge in [-0.1, -0.05) is 19.3 Å². The van der Waals surface area contributed by atoms with Gasteiger partial charge in [0.15, 0.2) is 6.35 Å². The Morgan fingerprint density at radius 2 is 2.00 bits per heavy atom. The minimum Gasteiger partial charge on any atom is -0.360 e. The summed E-state index contributed by atoms with van der Waals surface area (Å²) in [7, 11) is 0. The van der Waals surface area contributed by atoms with Crippen LogP contribution in [0.5, 0.6) is 0 Å². The lowest BCUT2D eigenvalue weighted by Gasteiger charge is -2.17. The summed E-state index contributed by atoms with van der Waals surface area (Å²) in [6.07, 6.45) is 7.12. The van der Waals surface area contributed by atoms with E-state index in [1.54, 1.807) is 0 Å². The molecule has 0 radical (unpaired) electrons. The minimum atomic E-state index is -1.02. The number of nitrogens with two attached hydrogens (primary N) is 1. The molecule has 1 fully saturated rings. The van der Waals surface area contributed by atoms with Crippen LogP contribution in [0.15, 0.2) is 4.99 Å². The van der Waals surface area contributed by atoms with Gasteiger partial charge < -0.3 is 5.11 Å². The van der Waals surface area contributed by atoms with E-state index < -0.39 is 6.35 Å². The highest BCUT2D eigenvalue weighted by atomic mass is 16.3. The molecule has 0 heterocycles. The number of rotatable bonds is 2. The van der Waals surface area contributed by atoms with Crippen LogP contribution in [-0.4, -0.2) is 17.7 Å². The lowest BCUT2D eigenvalue weighted by molar-refractivity contribution is 0.192. The smallest absolute Gasteiger partial charge is 0.198 e. The maximum atomic E-state index is 8.66. The van der Waals surface area contributed by atoms with Crippen molar-refractivity contribution >= 4 is 6.21 Å². The average Bonchev–Trinajstić information content (AvgIpc) is 2.03. The Bertz CT molecular complexity index is 128. The molecule has 0 spiro atoms. The van der Waals surface area contributed by atoms with Crippen LogP contribution >= 0.6 is 0 Å². The van der Waals surface area contributed by atoms with E-state index in [4.69, 9.17) is 10.8 Å². The van der Waals surface area contributed by atoms with Crippen molar-refractivity contribution in [2.45, 2.75) is 38.5 Å². The number of nitrogens with zero attached hydrogens (tertiary/aromatic N) is 1. The van der Waals surface area contributed by atoms with Crippen molar-refractivity contribution in [3.05, 3.63) is 0 Å². The Balaban J connectivity index is 2.23. The molecule has 3 heteroatoms. The van der Waals surface area contributed by atoms with E-state index in [0.717, 1.165) is 0 Å². The van der Waals surface area contributed by atoms with Crippen LogP contribution in [0.4, 0.5) is 0 Å². The van der Waals surface area contributed by atoms with E-state index >= 15 is 0 Å². The molecule has 1 aliphatic carbocycles. The van der Waals surface area contributed by atoms with Gasteiger partial charge in [0.1, 0.15) is 0 Å². The zero-order chi connectivity index (χ0) is 8.10. The normalized spacial score (nSPS) is 24.2. The maximum absolute atomic E-state index is 8.66. The van der Waals surface area contributed by atoms with Gasteiger partial charge in [-0.25, -0.2) is 0 Å². The summed E-state index contributed by atoms with van der Waals surface area (Å²) in [6.45, 7) is 0. The Hall–Kier alpha value is -0.410. The molecular formula is C8H16N2O. The minimum absolute atomic E-state index is 0.557. The van der Waals surface area contributed by atoms with Crippen LogP contribution in [-0.2, 0) is 0 Å². The molecule has 3 N–H and O–H groups in total. The Kier molecular flexibility index (Phi) is 3.52. The molecule has 1 unspecified atom stereocenters. The lowest BCUT2D eigenvalue weighted by atomic mass is 9.90. The monoisotopic (exact) mass is 156 g/mol. The molecule has 0 amide bonds. The van der Waals surface area contributed by atoms with Gasteiger partial charge in [-0.15, -0.1) is 0 Å². The van der Waals surface area contributed by atoms with Gasteiger partial charge in [-0.2, -0.15) is 0 Å². The summed E-state index contributed by atoms with van der Waals surface area (Å²) < 4.78 is 0. The van der Waals surface area contributed by atoms with Crippen molar-refractivity contribution in [1.29, 1.82) is 0 Å². The van der Waals surface area contributed by atoms with Crippen molar-refractivity contribution in [3.63, 3.8) is 0 Å². The van der Waals surface area contributed by atoms with Crippen LogP contribution in [0, 0.1) is 5.92 Å². The third-order valence-electron chi connectivity index (χ3n) is 2.10. The molecule has 0 aromatic carbocycles. The van der Waals surface area contributed by atoms with Crippen LogP contribution in [0.3, 0.4) is 0 Å². The zero-order valence-electron chi connectivity index (χ0n) is 6.74. The van der Waals surface area contributed by atoms with Gasteiger partial charge in [-0.3, -0.25) is 10.7 Å². The highest BCUT2D eigenvalue weighted by molar-refractivity contribution is 5.60. The van der Waals surface area contributed by atoms with Crippen LogP contribution in [0.1, 0.15) is 32.1 Å². The Morgan fingerprint density at radius 3 is 2.55 bits per heavy atom. The van der Waals surface area contributed by atoms with E-state index in [1.165, 1.54) is 32.1 Å². The fourth-order valence-corrected chi connectivity index (χ4v) is 1.49.